The molecule has 2 rings (SSSR count). The number of aryl methyl sites for hydroxylation is 1. The van der Waals surface area contributed by atoms with E-state index >= 15 is 0 Å². The molecule has 132 valence electrons. The van der Waals surface area contributed by atoms with Gasteiger partial charge >= 0.3 is 12.1 Å². The predicted molar refractivity (Wildman–Crippen MR) is 86.1 cm³/mol. The highest BCUT2D eigenvalue weighted by Crippen LogP contribution is 2.29. The molecule has 0 heterocycles. The van der Waals surface area contributed by atoms with Crippen molar-refractivity contribution in [1.82, 2.24) is 0 Å². The summed E-state index contributed by atoms with van der Waals surface area (Å²) in [4.78, 5) is 24.0. The van der Waals surface area contributed by atoms with Gasteiger partial charge in [0.2, 0.25) is 0 Å². The maximum absolute atomic E-state index is 12.5. The Labute approximate surface area is 142 Å². The van der Waals surface area contributed by atoms with E-state index in [1.807, 2.05) is 6.92 Å². The van der Waals surface area contributed by atoms with Gasteiger partial charge in [-0.2, -0.15) is 13.2 Å². The number of halogens is 3. The highest BCUT2D eigenvalue weighted by Gasteiger charge is 2.30. The van der Waals surface area contributed by atoms with E-state index in [4.69, 9.17) is 4.74 Å². The SMILES string of the molecule is Cc1ccc(C(=O)O[C@H](C)C(=O)Nc2ccc(C(F)(F)F)cc2)cc1. The van der Waals surface area contributed by atoms with Crippen molar-refractivity contribution in [3.05, 3.63) is 65.2 Å². The largest absolute Gasteiger partial charge is 0.449 e. The molecule has 0 saturated carbocycles. The van der Waals surface area contributed by atoms with Crippen molar-refractivity contribution in [2.45, 2.75) is 26.1 Å². The zero-order valence-corrected chi connectivity index (χ0v) is 13.6. The van der Waals surface area contributed by atoms with Crippen LogP contribution in [0.2, 0.25) is 0 Å². The van der Waals surface area contributed by atoms with E-state index < -0.39 is 29.7 Å². The summed E-state index contributed by atoms with van der Waals surface area (Å²) in [6, 6.07) is 10.6. The number of carbonyl (C=O) groups excluding carboxylic acids is 2. The van der Waals surface area contributed by atoms with E-state index in [1.54, 1.807) is 24.3 Å². The first-order valence-corrected chi connectivity index (χ1v) is 7.42. The van der Waals surface area contributed by atoms with Crippen molar-refractivity contribution in [3.63, 3.8) is 0 Å². The molecule has 7 heteroatoms. The maximum atomic E-state index is 12.5. The first-order chi connectivity index (χ1) is 11.7. The van der Waals surface area contributed by atoms with E-state index in [0.29, 0.717) is 5.56 Å². The Morgan fingerprint density at radius 3 is 2.08 bits per heavy atom. The van der Waals surface area contributed by atoms with Gasteiger partial charge in [-0.15, -0.1) is 0 Å². The van der Waals surface area contributed by atoms with Gasteiger partial charge in [-0.05, 0) is 50.2 Å². The van der Waals surface area contributed by atoms with Gasteiger partial charge in [0.15, 0.2) is 6.10 Å². The third kappa shape index (κ3) is 5.07. The van der Waals surface area contributed by atoms with Crippen molar-refractivity contribution >= 4 is 17.6 Å². The summed E-state index contributed by atoms with van der Waals surface area (Å²) in [6.07, 6.45) is -5.55. The van der Waals surface area contributed by atoms with Crippen LogP contribution in [0, 0.1) is 6.92 Å². The molecule has 1 atom stereocenters. The molecule has 0 fully saturated rings. The molecule has 1 N–H and O–H groups in total. The van der Waals surface area contributed by atoms with Gasteiger partial charge in [0.1, 0.15) is 0 Å². The molecule has 0 bridgehead atoms. The number of carbonyl (C=O) groups is 2. The van der Waals surface area contributed by atoms with E-state index in [2.05, 4.69) is 5.32 Å². The number of hydrogen-bond acceptors (Lipinski definition) is 3. The van der Waals surface area contributed by atoms with Crippen LogP contribution < -0.4 is 5.32 Å². The molecule has 0 aromatic heterocycles. The highest BCUT2D eigenvalue weighted by atomic mass is 19.4. The van der Waals surface area contributed by atoms with Crippen molar-refractivity contribution in [2.24, 2.45) is 0 Å². The standard InChI is InChI=1S/C18H16F3NO3/c1-11-3-5-13(6-4-11)17(24)25-12(2)16(23)22-15-9-7-14(8-10-15)18(19,20)21/h3-10,12H,1-2H3,(H,22,23)/t12-/m1/s1. The number of anilines is 1. The van der Waals surface area contributed by atoms with Gasteiger partial charge < -0.3 is 10.1 Å². The average molecular weight is 351 g/mol. The Hall–Kier alpha value is -2.83. The minimum atomic E-state index is -4.45. The molecule has 0 saturated heterocycles. The minimum absolute atomic E-state index is 0.177. The predicted octanol–water partition coefficient (Wildman–Crippen LogP) is 4.20. The van der Waals surface area contributed by atoms with Crippen LogP contribution in [0.3, 0.4) is 0 Å². The number of hydrogen-bond donors (Lipinski definition) is 1. The van der Waals surface area contributed by atoms with Crippen molar-refractivity contribution in [3.8, 4) is 0 Å². The Balaban J connectivity index is 1.95. The van der Waals surface area contributed by atoms with E-state index in [0.717, 1.165) is 29.8 Å². The lowest BCUT2D eigenvalue weighted by atomic mass is 10.1. The van der Waals surface area contributed by atoms with Crippen LogP contribution in [0.15, 0.2) is 48.5 Å². The van der Waals surface area contributed by atoms with Crippen LogP contribution >= 0.6 is 0 Å². The fourth-order valence-electron chi connectivity index (χ4n) is 1.96. The summed E-state index contributed by atoms with van der Waals surface area (Å²) < 4.78 is 42.5. The Morgan fingerprint density at radius 2 is 1.56 bits per heavy atom. The molecule has 2 aromatic carbocycles. The van der Waals surface area contributed by atoms with Crippen LogP contribution in [-0.4, -0.2) is 18.0 Å². The molecule has 0 aliphatic carbocycles. The summed E-state index contributed by atoms with van der Waals surface area (Å²) in [5.41, 5.74) is 0.644. The Morgan fingerprint density at radius 1 is 1.00 bits per heavy atom. The van der Waals surface area contributed by atoms with Gasteiger partial charge in [-0.1, -0.05) is 17.7 Å². The lowest BCUT2D eigenvalue weighted by molar-refractivity contribution is -0.137. The molecular weight excluding hydrogens is 335 g/mol. The number of ether oxygens (including phenoxy) is 1. The lowest BCUT2D eigenvalue weighted by Gasteiger charge is -2.14. The number of nitrogens with one attached hydrogen (secondary N) is 1. The second kappa shape index (κ2) is 7.38. The number of benzene rings is 2. The quantitative estimate of drug-likeness (QED) is 0.840. The Bertz CT molecular complexity index is 753. The number of alkyl halides is 3. The lowest BCUT2D eigenvalue weighted by Crippen LogP contribution is -2.30. The van der Waals surface area contributed by atoms with Crippen LogP contribution in [0.25, 0.3) is 0 Å². The summed E-state index contributed by atoms with van der Waals surface area (Å²) in [5.74, 6) is -1.30. The van der Waals surface area contributed by atoms with Gasteiger partial charge in [0, 0.05) is 5.69 Å². The number of rotatable bonds is 4. The second-order valence-electron chi connectivity index (χ2n) is 5.48. The summed E-state index contributed by atoms with van der Waals surface area (Å²) in [7, 11) is 0. The topological polar surface area (TPSA) is 55.4 Å². The molecular formula is C18H16F3NO3. The molecule has 2 aromatic rings. The van der Waals surface area contributed by atoms with Crippen molar-refractivity contribution in [2.75, 3.05) is 5.32 Å². The minimum Gasteiger partial charge on any atom is -0.449 e. The fraction of sp³-hybridized carbons (Fsp3) is 0.222. The molecule has 0 radical (unpaired) electrons. The molecule has 0 spiro atoms. The van der Waals surface area contributed by atoms with Crippen LogP contribution in [0.1, 0.15) is 28.4 Å². The van der Waals surface area contributed by atoms with Gasteiger partial charge in [-0.25, -0.2) is 4.79 Å². The fourth-order valence-corrected chi connectivity index (χ4v) is 1.96. The second-order valence-corrected chi connectivity index (χ2v) is 5.48. The highest BCUT2D eigenvalue weighted by molar-refractivity contribution is 5.97. The van der Waals surface area contributed by atoms with Gasteiger partial charge in [0.25, 0.3) is 5.91 Å². The summed E-state index contributed by atoms with van der Waals surface area (Å²) in [5, 5.41) is 2.40. The molecule has 25 heavy (non-hydrogen) atoms. The zero-order chi connectivity index (χ0) is 18.6. The molecule has 1 amide bonds. The zero-order valence-electron chi connectivity index (χ0n) is 13.6. The van der Waals surface area contributed by atoms with Crippen LogP contribution in [0.4, 0.5) is 18.9 Å². The average Bonchev–Trinajstić information content (AvgIpc) is 2.55. The first kappa shape index (κ1) is 18.5. The summed E-state index contributed by atoms with van der Waals surface area (Å²) in [6.45, 7) is 3.25. The van der Waals surface area contributed by atoms with Crippen LogP contribution in [0.5, 0.6) is 0 Å². The van der Waals surface area contributed by atoms with Crippen molar-refractivity contribution < 1.29 is 27.5 Å². The molecule has 0 aliphatic rings. The van der Waals surface area contributed by atoms with E-state index in [1.165, 1.54) is 6.92 Å². The molecule has 0 unspecified atom stereocenters. The molecule has 0 aliphatic heterocycles. The van der Waals surface area contributed by atoms with E-state index in [-0.39, 0.29) is 5.69 Å². The first-order valence-electron chi connectivity index (χ1n) is 7.42. The number of esters is 1. The normalized spacial score (nSPS) is 12.4. The number of amides is 1. The Kier molecular flexibility index (Phi) is 5.46. The van der Waals surface area contributed by atoms with Gasteiger partial charge in [-0.3, -0.25) is 4.79 Å². The van der Waals surface area contributed by atoms with Crippen LogP contribution in [-0.2, 0) is 15.7 Å². The van der Waals surface area contributed by atoms with Gasteiger partial charge in [0.05, 0.1) is 11.1 Å². The third-order valence-corrected chi connectivity index (χ3v) is 3.42. The van der Waals surface area contributed by atoms with Crippen molar-refractivity contribution in [1.29, 1.82) is 0 Å². The summed E-state index contributed by atoms with van der Waals surface area (Å²) >= 11 is 0. The maximum Gasteiger partial charge on any atom is 0.416 e. The smallest absolute Gasteiger partial charge is 0.416 e. The molecule has 4 nitrogen and oxygen atoms in total. The van der Waals surface area contributed by atoms with E-state index in [9.17, 15) is 22.8 Å². The monoisotopic (exact) mass is 351 g/mol. The third-order valence-electron chi connectivity index (χ3n) is 3.42.